The minimum Gasteiger partial charge on any atom is -0.468 e. The van der Waals surface area contributed by atoms with E-state index in [1.165, 1.54) is 14.2 Å². The van der Waals surface area contributed by atoms with Crippen molar-refractivity contribution in [1.82, 2.24) is 0 Å². The van der Waals surface area contributed by atoms with Gasteiger partial charge in [0.2, 0.25) is 0 Å². The molecular formula is C17H16O4. The predicted molar refractivity (Wildman–Crippen MR) is 79.5 cm³/mol. The fourth-order valence-corrected chi connectivity index (χ4v) is 1.82. The number of carbonyl (C=O) groups is 1. The summed E-state index contributed by atoms with van der Waals surface area (Å²) >= 11 is 0. The summed E-state index contributed by atoms with van der Waals surface area (Å²) in [6, 6.07) is 18.2. The molecule has 0 saturated heterocycles. The number of hydrogen-bond donors (Lipinski definition) is 0. The van der Waals surface area contributed by atoms with Crippen molar-refractivity contribution in [2.45, 2.75) is 0 Å². The van der Waals surface area contributed by atoms with Crippen LogP contribution in [0.1, 0.15) is 5.56 Å². The molecule has 2 aromatic rings. The minimum atomic E-state index is -0.519. The lowest BCUT2D eigenvalue weighted by Gasteiger charge is -2.13. The van der Waals surface area contributed by atoms with Crippen molar-refractivity contribution < 1.29 is 19.0 Å². The van der Waals surface area contributed by atoms with Gasteiger partial charge in [-0.15, -0.1) is 0 Å². The molecule has 0 spiro atoms. The first-order valence-corrected chi connectivity index (χ1v) is 6.41. The number of ether oxygens (including phenoxy) is 3. The number of rotatable bonds is 5. The summed E-state index contributed by atoms with van der Waals surface area (Å²) in [6.07, 6.45) is 0. The smallest absolute Gasteiger partial charge is 0.345 e. The third kappa shape index (κ3) is 3.63. The van der Waals surface area contributed by atoms with Crippen LogP contribution in [0.5, 0.6) is 5.75 Å². The Balaban J connectivity index is 2.46. The Labute approximate surface area is 123 Å². The molecule has 0 saturated carbocycles. The van der Waals surface area contributed by atoms with Gasteiger partial charge < -0.3 is 14.2 Å². The van der Waals surface area contributed by atoms with Gasteiger partial charge >= 0.3 is 5.97 Å². The number of esters is 1. The molecule has 0 radical (unpaired) electrons. The topological polar surface area (TPSA) is 44.8 Å². The van der Waals surface area contributed by atoms with Crippen molar-refractivity contribution in [1.29, 1.82) is 0 Å². The fraction of sp³-hybridized carbons (Fsp3) is 0.118. The van der Waals surface area contributed by atoms with Crippen molar-refractivity contribution in [2.24, 2.45) is 0 Å². The number of para-hydroxylation sites is 1. The zero-order valence-electron chi connectivity index (χ0n) is 11.9. The molecule has 2 rings (SSSR count). The minimum absolute atomic E-state index is 0.0965. The van der Waals surface area contributed by atoms with E-state index in [9.17, 15) is 4.79 Å². The van der Waals surface area contributed by atoms with Crippen LogP contribution in [-0.4, -0.2) is 20.2 Å². The summed E-state index contributed by atoms with van der Waals surface area (Å²) in [6.45, 7) is 0. The van der Waals surface area contributed by atoms with Gasteiger partial charge in [-0.05, 0) is 17.7 Å². The van der Waals surface area contributed by atoms with Crippen molar-refractivity contribution in [3.63, 3.8) is 0 Å². The molecule has 0 fully saturated rings. The van der Waals surface area contributed by atoms with Crippen LogP contribution >= 0.6 is 0 Å². The first-order chi connectivity index (χ1) is 10.3. The molecule has 0 aromatic heterocycles. The molecule has 0 heterocycles. The molecule has 0 atom stereocenters. The first kappa shape index (κ1) is 14.7. The average molecular weight is 284 g/mol. The molecule has 0 aliphatic carbocycles. The lowest BCUT2D eigenvalue weighted by molar-refractivity contribution is -0.134. The monoisotopic (exact) mass is 284 g/mol. The van der Waals surface area contributed by atoms with Crippen LogP contribution in [0.4, 0.5) is 0 Å². The zero-order chi connectivity index (χ0) is 15.1. The summed E-state index contributed by atoms with van der Waals surface area (Å²) < 4.78 is 15.7. The summed E-state index contributed by atoms with van der Waals surface area (Å²) in [5.41, 5.74) is 0.904. The maximum Gasteiger partial charge on any atom is 0.345 e. The zero-order valence-corrected chi connectivity index (χ0v) is 11.9. The number of benzene rings is 2. The summed E-state index contributed by atoms with van der Waals surface area (Å²) in [4.78, 5) is 12.1. The summed E-state index contributed by atoms with van der Waals surface area (Å²) in [7, 11) is 2.77. The molecule has 0 unspecified atom stereocenters. The number of hydrogen-bond acceptors (Lipinski definition) is 4. The Hall–Kier alpha value is -2.75. The van der Waals surface area contributed by atoms with E-state index in [0.29, 0.717) is 11.3 Å². The lowest BCUT2D eigenvalue weighted by atomic mass is 10.1. The van der Waals surface area contributed by atoms with Gasteiger partial charge in [-0.1, -0.05) is 48.5 Å². The molecule has 0 aliphatic heterocycles. The highest BCUT2D eigenvalue weighted by molar-refractivity contribution is 6.16. The van der Waals surface area contributed by atoms with Gasteiger partial charge in [-0.3, -0.25) is 0 Å². The van der Waals surface area contributed by atoms with Crippen LogP contribution in [0.2, 0.25) is 0 Å². The van der Waals surface area contributed by atoms with E-state index < -0.39 is 5.97 Å². The highest BCUT2D eigenvalue weighted by Crippen LogP contribution is 2.23. The Kier molecular flexibility index (Phi) is 4.99. The normalized spacial score (nSPS) is 11.3. The molecule has 21 heavy (non-hydrogen) atoms. The Morgan fingerprint density at radius 3 is 1.90 bits per heavy atom. The second-order valence-electron chi connectivity index (χ2n) is 4.14. The van der Waals surface area contributed by atoms with Crippen molar-refractivity contribution >= 4 is 11.5 Å². The molecule has 108 valence electrons. The SMILES string of the molecule is COC(=O)C(=C(OC)Oc1ccccc1)c1ccccc1. The van der Waals surface area contributed by atoms with E-state index in [1.54, 1.807) is 24.3 Å². The van der Waals surface area contributed by atoms with Gasteiger partial charge in [0.1, 0.15) is 11.3 Å². The molecular weight excluding hydrogens is 268 g/mol. The molecule has 4 heteroatoms. The molecule has 4 nitrogen and oxygen atoms in total. The first-order valence-electron chi connectivity index (χ1n) is 6.41. The van der Waals surface area contributed by atoms with E-state index in [4.69, 9.17) is 14.2 Å². The Morgan fingerprint density at radius 1 is 0.810 bits per heavy atom. The van der Waals surface area contributed by atoms with Crippen LogP contribution in [0.25, 0.3) is 5.57 Å². The van der Waals surface area contributed by atoms with E-state index in [-0.39, 0.29) is 11.5 Å². The highest BCUT2D eigenvalue weighted by atomic mass is 16.7. The number of methoxy groups -OCH3 is 2. The second-order valence-corrected chi connectivity index (χ2v) is 4.14. The average Bonchev–Trinajstić information content (AvgIpc) is 2.56. The maximum atomic E-state index is 12.1. The largest absolute Gasteiger partial charge is 0.468 e. The van der Waals surface area contributed by atoms with E-state index in [1.807, 2.05) is 36.4 Å². The standard InChI is InChI=1S/C17H16O4/c1-19-16(18)15(13-9-5-3-6-10-13)17(20-2)21-14-11-7-4-8-12-14/h3-12H,1-2H3. The van der Waals surface area contributed by atoms with Crippen molar-refractivity contribution in [2.75, 3.05) is 14.2 Å². The fourth-order valence-electron chi connectivity index (χ4n) is 1.82. The van der Waals surface area contributed by atoms with Crippen molar-refractivity contribution in [3.8, 4) is 5.75 Å². The predicted octanol–water partition coefficient (Wildman–Crippen LogP) is 3.25. The van der Waals surface area contributed by atoms with Crippen LogP contribution < -0.4 is 4.74 Å². The lowest BCUT2D eigenvalue weighted by Crippen LogP contribution is -2.11. The molecule has 2 aromatic carbocycles. The highest BCUT2D eigenvalue weighted by Gasteiger charge is 2.21. The van der Waals surface area contributed by atoms with Gasteiger partial charge in [-0.2, -0.15) is 0 Å². The summed E-state index contributed by atoms with van der Waals surface area (Å²) in [5.74, 6) is 0.153. The van der Waals surface area contributed by atoms with Crippen molar-refractivity contribution in [3.05, 3.63) is 72.2 Å². The maximum absolute atomic E-state index is 12.1. The molecule has 0 aliphatic rings. The van der Waals surface area contributed by atoms with Gasteiger partial charge in [0, 0.05) is 0 Å². The molecule has 0 bridgehead atoms. The van der Waals surface area contributed by atoms with E-state index in [2.05, 4.69) is 0 Å². The second kappa shape index (κ2) is 7.14. The van der Waals surface area contributed by atoms with Crippen LogP contribution in [0.3, 0.4) is 0 Å². The van der Waals surface area contributed by atoms with Crippen LogP contribution in [-0.2, 0) is 14.3 Å². The van der Waals surface area contributed by atoms with E-state index in [0.717, 1.165) is 0 Å². The summed E-state index contributed by atoms with van der Waals surface area (Å²) in [5, 5.41) is 0. The van der Waals surface area contributed by atoms with Gasteiger partial charge in [0.15, 0.2) is 0 Å². The van der Waals surface area contributed by atoms with Crippen LogP contribution in [0.15, 0.2) is 66.6 Å². The van der Waals surface area contributed by atoms with E-state index >= 15 is 0 Å². The third-order valence-electron chi connectivity index (χ3n) is 2.80. The van der Waals surface area contributed by atoms with Gasteiger partial charge in [0.25, 0.3) is 5.95 Å². The van der Waals surface area contributed by atoms with Gasteiger partial charge in [-0.25, -0.2) is 4.79 Å². The molecule has 0 N–H and O–H groups in total. The Bertz CT molecular complexity index is 618. The quantitative estimate of drug-likeness (QED) is 0.480. The number of carbonyl (C=O) groups excluding carboxylic acids is 1. The van der Waals surface area contributed by atoms with Gasteiger partial charge in [0.05, 0.1) is 14.2 Å². The molecule has 0 amide bonds. The Morgan fingerprint density at radius 2 is 1.38 bits per heavy atom. The third-order valence-corrected chi connectivity index (χ3v) is 2.80. The van der Waals surface area contributed by atoms with Crippen LogP contribution in [0, 0.1) is 0 Å².